The van der Waals surface area contributed by atoms with Crippen LogP contribution in [0.3, 0.4) is 0 Å². The third kappa shape index (κ3) is 3.63. The largest absolute Gasteiger partial charge is 0.486 e. The summed E-state index contributed by atoms with van der Waals surface area (Å²) in [6.45, 7) is 6.45. The highest BCUT2D eigenvalue weighted by molar-refractivity contribution is 7.80. The number of hydrogen-bond donors (Lipinski definition) is 1. The van der Waals surface area contributed by atoms with Crippen molar-refractivity contribution in [3.63, 3.8) is 0 Å². The Bertz CT molecular complexity index is 421. The first-order valence-electron chi connectivity index (χ1n) is 5.95. The molecule has 0 aromatic heterocycles. The zero-order valence-corrected chi connectivity index (χ0v) is 11.8. The van der Waals surface area contributed by atoms with Crippen molar-refractivity contribution in [2.24, 2.45) is 11.8 Å². The Kier molecular flexibility index (Phi) is 5.47. The summed E-state index contributed by atoms with van der Waals surface area (Å²) in [5.41, 5.74) is 0.808. The van der Waals surface area contributed by atoms with Crippen molar-refractivity contribution in [2.75, 3.05) is 12.4 Å². The first kappa shape index (κ1) is 14.8. The van der Waals surface area contributed by atoms with Crippen molar-refractivity contribution in [3.8, 4) is 5.75 Å². The van der Waals surface area contributed by atoms with Crippen molar-refractivity contribution in [1.29, 1.82) is 0 Å². The molecule has 0 amide bonds. The minimum atomic E-state index is -0.409. The molecular weight excluding hydrogens is 250 g/mol. The average molecular weight is 269 g/mol. The van der Waals surface area contributed by atoms with Crippen LogP contribution in [0, 0.1) is 28.9 Å². The van der Waals surface area contributed by atoms with E-state index in [9.17, 15) is 10.1 Å². The molecule has 0 bridgehead atoms. The van der Waals surface area contributed by atoms with Gasteiger partial charge in [-0.1, -0.05) is 26.0 Å². The number of thiol groups is 1. The molecule has 100 valence electrons. The number of para-hydroxylation sites is 1. The predicted molar refractivity (Wildman–Crippen MR) is 75.5 cm³/mol. The van der Waals surface area contributed by atoms with Crippen LogP contribution >= 0.6 is 12.6 Å². The smallest absolute Gasteiger partial charge is 0.311 e. The Labute approximate surface area is 113 Å². The van der Waals surface area contributed by atoms with Gasteiger partial charge in [-0.3, -0.25) is 10.1 Å². The number of aryl methyl sites for hydroxylation is 1. The lowest BCUT2D eigenvalue weighted by molar-refractivity contribution is -0.386. The quantitative estimate of drug-likeness (QED) is 0.488. The predicted octanol–water partition coefficient (Wildman–Crippen LogP) is 3.48. The number of rotatable bonds is 6. The SMILES string of the molecule is Cc1cccc([N+](=O)[O-])c1OCC(CS)C(C)C. The van der Waals surface area contributed by atoms with Crippen molar-refractivity contribution in [2.45, 2.75) is 20.8 Å². The van der Waals surface area contributed by atoms with E-state index in [4.69, 9.17) is 4.74 Å². The summed E-state index contributed by atoms with van der Waals surface area (Å²) in [5.74, 6) is 1.80. The van der Waals surface area contributed by atoms with E-state index in [0.29, 0.717) is 24.0 Å². The molecule has 0 saturated heterocycles. The molecular formula is C13H19NO3S. The fourth-order valence-corrected chi connectivity index (χ4v) is 2.14. The highest BCUT2D eigenvalue weighted by Crippen LogP contribution is 2.31. The number of nitro benzene ring substituents is 1. The second kappa shape index (κ2) is 6.64. The number of hydrogen-bond acceptors (Lipinski definition) is 4. The van der Waals surface area contributed by atoms with Gasteiger partial charge in [0.1, 0.15) is 0 Å². The van der Waals surface area contributed by atoms with Gasteiger partial charge in [-0.05, 0) is 24.2 Å². The average Bonchev–Trinajstić information content (AvgIpc) is 2.30. The van der Waals surface area contributed by atoms with Gasteiger partial charge in [-0.15, -0.1) is 0 Å². The van der Waals surface area contributed by atoms with Crippen LogP contribution in [0.5, 0.6) is 5.75 Å². The lowest BCUT2D eigenvalue weighted by Crippen LogP contribution is -2.20. The monoisotopic (exact) mass is 269 g/mol. The second-order valence-corrected chi connectivity index (χ2v) is 5.04. The first-order valence-corrected chi connectivity index (χ1v) is 6.58. The highest BCUT2D eigenvalue weighted by atomic mass is 32.1. The van der Waals surface area contributed by atoms with Crippen LogP contribution in [-0.2, 0) is 0 Å². The molecule has 1 rings (SSSR count). The molecule has 0 heterocycles. The van der Waals surface area contributed by atoms with Crippen molar-refractivity contribution in [1.82, 2.24) is 0 Å². The molecule has 4 nitrogen and oxygen atoms in total. The number of nitrogens with zero attached hydrogens (tertiary/aromatic N) is 1. The summed E-state index contributed by atoms with van der Waals surface area (Å²) < 4.78 is 5.65. The van der Waals surface area contributed by atoms with Gasteiger partial charge in [-0.25, -0.2) is 0 Å². The third-order valence-corrected chi connectivity index (χ3v) is 3.48. The Morgan fingerprint density at radius 3 is 2.61 bits per heavy atom. The molecule has 18 heavy (non-hydrogen) atoms. The molecule has 0 aliphatic carbocycles. The molecule has 0 saturated carbocycles. The Morgan fingerprint density at radius 1 is 1.44 bits per heavy atom. The van der Waals surface area contributed by atoms with Gasteiger partial charge < -0.3 is 4.74 Å². The molecule has 1 aromatic rings. The summed E-state index contributed by atoms with van der Waals surface area (Å²) in [4.78, 5) is 10.5. The highest BCUT2D eigenvalue weighted by Gasteiger charge is 2.19. The molecule has 1 aromatic carbocycles. The van der Waals surface area contributed by atoms with Crippen molar-refractivity contribution < 1.29 is 9.66 Å². The van der Waals surface area contributed by atoms with Crippen molar-refractivity contribution in [3.05, 3.63) is 33.9 Å². The van der Waals surface area contributed by atoms with Gasteiger partial charge in [0.2, 0.25) is 0 Å². The van der Waals surface area contributed by atoms with Gasteiger partial charge in [0.25, 0.3) is 0 Å². The standard InChI is InChI=1S/C13H19NO3S/c1-9(2)11(8-18)7-17-13-10(3)5-4-6-12(13)14(15)16/h4-6,9,11,18H,7-8H2,1-3H3. The Balaban J connectivity index is 2.87. The molecule has 0 N–H and O–H groups in total. The van der Waals surface area contributed by atoms with Gasteiger partial charge >= 0.3 is 5.69 Å². The molecule has 0 aliphatic heterocycles. The van der Waals surface area contributed by atoms with E-state index in [-0.39, 0.29) is 11.6 Å². The molecule has 0 radical (unpaired) electrons. The summed E-state index contributed by atoms with van der Waals surface area (Å²) >= 11 is 4.28. The van der Waals surface area contributed by atoms with Gasteiger partial charge in [0.15, 0.2) is 5.75 Å². The number of ether oxygens (including phenoxy) is 1. The molecule has 0 fully saturated rings. The van der Waals surface area contributed by atoms with Gasteiger partial charge in [0.05, 0.1) is 11.5 Å². The second-order valence-electron chi connectivity index (χ2n) is 4.68. The fraction of sp³-hybridized carbons (Fsp3) is 0.538. The lowest BCUT2D eigenvalue weighted by atomic mass is 9.99. The van der Waals surface area contributed by atoms with E-state index in [1.807, 2.05) is 13.0 Å². The maximum atomic E-state index is 10.9. The zero-order valence-electron chi connectivity index (χ0n) is 10.9. The van der Waals surface area contributed by atoms with Crippen LogP contribution < -0.4 is 4.74 Å². The van der Waals surface area contributed by atoms with Crippen LogP contribution in [0.4, 0.5) is 5.69 Å². The van der Waals surface area contributed by atoms with Crippen LogP contribution in [-0.4, -0.2) is 17.3 Å². The summed E-state index contributed by atoms with van der Waals surface area (Å²) in [5, 5.41) is 10.9. The zero-order chi connectivity index (χ0) is 13.7. The summed E-state index contributed by atoms with van der Waals surface area (Å²) in [7, 11) is 0. The third-order valence-electron chi connectivity index (χ3n) is 3.01. The van der Waals surface area contributed by atoms with Crippen molar-refractivity contribution >= 4 is 18.3 Å². The molecule has 5 heteroatoms. The van der Waals surface area contributed by atoms with Crippen LogP contribution in [0.2, 0.25) is 0 Å². The first-order chi connectivity index (χ1) is 8.47. The van der Waals surface area contributed by atoms with E-state index in [1.165, 1.54) is 6.07 Å². The minimum Gasteiger partial charge on any atom is -0.486 e. The molecule has 0 spiro atoms. The number of benzene rings is 1. The van der Waals surface area contributed by atoms with Crippen LogP contribution in [0.1, 0.15) is 19.4 Å². The van der Waals surface area contributed by atoms with Crippen LogP contribution in [0.25, 0.3) is 0 Å². The molecule has 1 unspecified atom stereocenters. The van der Waals surface area contributed by atoms with Crippen LogP contribution in [0.15, 0.2) is 18.2 Å². The van der Waals surface area contributed by atoms with Gasteiger partial charge in [-0.2, -0.15) is 12.6 Å². The van der Waals surface area contributed by atoms with E-state index >= 15 is 0 Å². The normalized spacial score (nSPS) is 12.5. The summed E-state index contributed by atoms with van der Waals surface area (Å²) in [6, 6.07) is 4.94. The fourth-order valence-electron chi connectivity index (χ4n) is 1.61. The van der Waals surface area contributed by atoms with E-state index in [1.54, 1.807) is 6.07 Å². The molecule has 1 atom stereocenters. The van der Waals surface area contributed by atoms with E-state index in [2.05, 4.69) is 26.5 Å². The van der Waals surface area contributed by atoms with E-state index < -0.39 is 4.92 Å². The molecule has 0 aliphatic rings. The van der Waals surface area contributed by atoms with Gasteiger partial charge in [0, 0.05) is 12.0 Å². The Morgan fingerprint density at radius 2 is 2.11 bits per heavy atom. The van der Waals surface area contributed by atoms with E-state index in [0.717, 1.165) is 5.56 Å². The topological polar surface area (TPSA) is 52.4 Å². The lowest BCUT2D eigenvalue weighted by Gasteiger charge is -2.19. The maximum absolute atomic E-state index is 10.9. The maximum Gasteiger partial charge on any atom is 0.311 e. The minimum absolute atomic E-state index is 0.0247. The summed E-state index contributed by atoms with van der Waals surface area (Å²) in [6.07, 6.45) is 0. The number of nitro groups is 1. The Hall–Kier alpha value is -1.23.